The van der Waals surface area contributed by atoms with Crippen molar-refractivity contribution in [1.29, 1.82) is 0 Å². The molecule has 1 fully saturated rings. The van der Waals surface area contributed by atoms with Crippen molar-refractivity contribution in [3.8, 4) is 5.75 Å². The average molecular weight is 307 g/mol. The van der Waals surface area contributed by atoms with E-state index in [-0.39, 0.29) is 11.9 Å². The van der Waals surface area contributed by atoms with Gasteiger partial charge < -0.3 is 14.0 Å². The van der Waals surface area contributed by atoms with Gasteiger partial charge in [0.15, 0.2) is 0 Å². The van der Waals surface area contributed by atoms with Gasteiger partial charge in [0, 0.05) is 26.6 Å². The first kappa shape index (κ1) is 14.9. The van der Waals surface area contributed by atoms with Crippen LogP contribution in [0, 0.1) is 12.7 Å². The molecule has 0 aliphatic carbocycles. The van der Waals surface area contributed by atoms with E-state index in [1.165, 1.54) is 12.1 Å². The van der Waals surface area contributed by atoms with Gasteiger partial charge in [0.1, 0.15) is 24.3 Å². The molecule has 0 unspecified atom stereocenters. The second kappa shape index (κ2) is 6.85. The standard InChI is InChI=1S/C15H18FN3O3/c1-11-17-15(18-22-11)14-10-19(7-9-21-14)6-8-20-13-4-2-12(16)3-5-13/h2-5,14H,6-10H2,1H3/t14-/m1/s1. The van der Waals surface area contributed by atoms with Crippen LogP contribution in [0.15, 0.2) is 28.8 Å². The zero-order chi connectivity index (χ0) is 15.4. The molecular weight excluding hydrogens is 289 g/mol. The minimum atomic E-state index is -0.265. The Morgan fingerprint density at radius 1 is 1.36 bits per heavy atom. The van der Waals surface area contributed by atoms with Gasteiger partial charge in [-0.3, -0.25) is 4.90 Å². The van der Waals surface area contributed by atoms with Crippen LogP contribution in [0.5, 0.6) is 5.75 Å². The summed E-state index contributed by atoms with van der Waals surface area (Å²) < 4.78 is 29.1. The summed E-state index contributed by atoms with van der Waals surface area (Å²) >= 11 is 0. The lowest BCUT2D eigenvalue weighted by atomic mass is 10.2. The average Bonchev–Trinajstić information content (AvgIpc) is 2.96. The Morgan fingerprint density at radius 2 is 2.18 bits per heavy atom. The van der Waals surface area contributed by atoms with Gasteiger partial charge in [0.2, 0.25) is 11.7 Å². The highest BCUT2D eigenvalue weighted by molar-refractivity contribution is 5.21. The second-order valence-electron chi connectivity index (χ2n) is 5.13. The van der Waals surface area contributed by atoms with Crippen LogP contribution in [0.2, 0.25) is 0 Å². The number of rotatable bonds is 5. The van der Waals surface area contributed by atoms with Crippen molar-refractivity contribution >= 4 is 0 Å². The molecule has 2 heterocycles. The number of hydrogen-bond donors (Lipinski definition) is 0. The highest BCUT2D eigenvalue weighted by Crippen LogP contribution is 2.19. The van der Waals surface area contributed by atoms with Crippen molar-refractivity contribution in [2.24, 2.45) is 0 Å². The Hall–Kier alpha value is -1.99. The van der Waals surface area contributed by atoms with Gasteiger partial charge >= 0.3 is 0 Å². The van der Waals surface area contributed by atoms with Crippen molar-refractivity contribution in [2.45, 2.75) is 13.0 Å². The number of ether oxygens (including phenoxy) is 2. The molecule has 1 saturated heterocycles. The fourth-order valence-corrected chi connectivity index (χ4v) is 2.33. The summed E-state index contributed by atoms with van der Waals surface area (Å²) in [5, 5.41) is 3.91. The smallest absolute Gasteiger partial charge is 0.223 e. The molecule has 1 aromatic heterocycles. The van der Waals surface area contributed by atoms with Crippen LogP contribution in [-0.2, 0) is 4.74 Å². The number of aryl methyl sites for hydroxylation is 1. The first-order valence-electron chi connectivity index (χ1n) is 7.23. The Bertz CT molecular complexity index is 602. The van der Waals surface area contributed by atoms with Gasteiger partial charge in [-0.2, -0.15) is 4.98 Å². The second-order valence-corrected chi connectivity index (χ2v) is 5.13. The molecule has 118 valence electrons. The number of halogens is 1. The summed E-state index contributed by atoms with van der Waals surface area (Å²) in [4.78, 5) is 6.43. The van der Waals surface area contributed by atoms with E-state index in [1.807, 2.05) is 0 Å². The Balaban J connectivity index is 1.47. The molecule has 3 rings (SSSR count). The summed E-state index contributed by atoms with van der Waals surface area (Å²) in [6.45, 7) is 5.20. The number of aromatic nitrogens is 2. The maximum atomic E-state index is 12.8. The van der Waals surface area contributed by atoms with Crippen LogP contribution in [-0.4, -0.2) is 47.9 Å². The third-order valence-electron chi connectivity index (χ3n) is 3.47. The number of morpholine rings is 1. The third-order valence-corrected chi connectivity index (χ3v) is 3.47. The molecule has 0 bridgehead atoms. The van der Waals surface area contributed by atoms with Crippen molar-refractivity contribution in [3.05, 3.63) is 41.8 Å². The van der Waals surface area contributed by atoms with E-state index in [1.54, 1.807) is 19.1 Å². The SMILES string of the molecule is Cc1nc([C@H]2CN(CCOc3ccc(F)cc3)CCO2)no1. The summed E-state index contributed by atoms with van der Waals surface area (Å²) in [5.74, 6) is 1.52. The fourth-order valence-electron chi connectivity index (χ4n) is 2.33. The fraction of sp³-hybridized carbons (Fsp3) is 0.467. The monoisotopic (exact) mass is 307 g/mol. The minimum absolute atomic E-state index is 0.169. The van der Waals surface area contributed by atoms with E-state index in [2.05, 4.69) is 15.0 Å². The van der Waals surface area contributed by atoms with E-state index in [0.717, 1.165) is 13.1 Å². The van der Waals surface area contributed by atoms with E-state index in [0.29, 0.717) is 37.2 Å². The van der Waals surface area contributed by atoms with E-state index < -0.39 is 0 Å². The van der Waals surface area contributed by atoms with Gasteiger partial charge in [0.25, 0.3) is 0 Å². The lowest BCUT2D eigenvalue weighted by Gasteiger charge is -2.31. The molecular formula is C15H18FN3O3. The minimum Gasteiger partial charge on any atom is -0.492 e. The van der Waals surface area contributed by atoms with Crippen LogP contribution >= 0.6 is 0 Å². The third kappa shape index (κ3) is 3.80. The summed E-state index contributed by atoms with van der Waals surface area (Å²) in [6, 6.07) is 6.02. The first-order valence-corrected chi connectivity index (χ1v) is 7.23. The summed E-state index contributed by atoms with van der Waals surface area (Å²) in [7, 11) is 0. The van der Waals surface area contributed by atoms with Crippen LogP contribution < -0.4 is 4.74 Å². The quantitative estimate of drug-likeness (QED) is 0.841. The van der Waals surface area contributed by atoms with Gasteiger partial charge in [0.05, 0.1) is 6.61 Å². The highest BCUT2D eigenvalue weighted by atomic mass is 19.1. The molecule has 1 atom stereocenters. The van der Waals surface area contributed by atoms with Crippen LogP contribution in [0.3, 0.4) is 0 Å². The first-order chi connectivity index (χ1) is 10.7. The van der Waals surface area contributed by atoms with E-state index in [9.17, 15) is 4.39 Å². The van der Waals surface area contributed by atoms with Gasteiger partial charge in [-0.05, 0) is 24.3 Å². The molecule has 6 nitrogen and oxygen atoms in total. The highest BCUT2D eigenvalue weighted by Gasteiger charge is 2.25. The maximum absolute atomic E-state index is 12.8. The van der Waals surface area contributed by atoms with Gasteiger partial charge in [-0.25, -0.2) is 4.39 Å². The molecule has 0 spiro atoms. The van der Waals surface area contributed by atoms with Crippen molar-refractivity contribution in [1.82, 2.24) is 15.0 Å². The Morgan fingerprint density at radius 3 is 2.91 bits per heavy atom. The predicted molar refractivity (Wildman–Crippen MR) is 76.1 cm³/mol. The van der Waals surface area contributed by atoms with Crippen molar-refractivity contribution < 1.29 is 18.4 Å². The topological polar surface area (TPSA) is 60.6 Å². The van der Waals surface area contributed by atoms with E-state index in [4.69, 9.17) is 14.0 Å². The molecule has 0 saturated carbocycles. The number of hydrogen-bond acceptors (Lipinski definition) is 6. The Kier molecular flexibility index (Phi) is 4.65. The van der Waals surface area contributed by atoms with Crippen molar-refractivity contribution in [2.75, 3.05) is 32.8 Å². The largest absolute Gasteiger partial charge is 0.492 e. The van der Waals surface area contributed by atoms with Crippen LogP contribution in [0.1, 0.15) is 17.8 Å². The number of benzene rings is 1. The Labute approximate surface area is 127 Å². The van der Waals surface area contributed by atoms with Crippen molar-refractivity contribution in [3.63, 3.8) is 0 Å². The molecule has 0 radical (unpaired) electrons. The predicted octanol–water partition coefficient (Wildman–Crippen LogP) is 1.97. The lowest BCUT2D eigenvalue weighted by Crippen LogP contribution is -2.40. The number of nitrogens with zero attached hydrogens (tertiary/aromatic N) is 3. The van der Waals surface area contributed by atoms with E-state index >= 15 is 0 Å². The van der Waals surface area contributed by atoms with Crippen LogP contribution in [0.25, 0.3) is 0 Å². The van der Waals surface area contributed by atoms with Gasteiger partial charge in [-0.1, -0.05) is 5.16 Å². The van der Waals surface area contributed by atoms with Crippen LogP contribution in [0.4, 0.5) is 4.39 Å². The molecule has 0 amide bonds. The van der Waals surface area contributed by atoms with Gasteiger partial charge in [-0.15, -0.1) is 0 Å². The molecule has 1 aliphatic rings. The molecule has 22 heavy (non-hydrogen) atoms. The molecule has 1 aromatic carbocycles. The molecule has 0 N–H and O–H groups in total. The normalized spacial score (nSPS) is 19.3. The molecule has 2 aromatic rings. The lowest BCUT2D eigenvalue weighted by molar-refractivity contribution is -0.0379. The maximum Gasteiger partial charge on any atom is 0.223 e. The summed E-state index contributed by atoms with van der Waals surface area (Å²) in [5.41, 5.74) is 0. The zero-order valence-electron chi connectivity index (χ0n) is 12.4. The summed E-state index contributed by atoms with van der Waals surface area (Å²) in [6.07, 6.45) is -0.169. The molecule has 7 heteroatoms. The zero-order valence-corrected chi connectivity index (χ0v) is 12.4. The molecule has 1 aliphatic heterocycles.